The standard InChI is InChI=1S/C17H26ClNO/c1-4-5-6-13(18)8-12-9-14-10(2)7-11(3)17(20)15(14)16(12)19/h7,12-13,16,20H,4-6,8-9,19H2,1-3H3. The molecule has 0 amide bonds. The maximum atomic E-state index is 10.3. The molecule has 3 atom stereocenters. The summed E-state index contributed by atoms with van der Waals surface area (Å²) in [4.78, 5) is 0. The van der Waals surface area contributed by atoms with E-state index in [1.165, 1.54) is 24.0 Å². The molecule has 3 unspecified atom stereocenters. The molecule has 20 heavy (non-hydrogen) atoms. The molecule has 2 rings (SSSR count). The van der Waals surface area contributed by atoms with E-state index in [2.05, 4.69) is 19.9 Å². The highest BCUT2D eigenvalue weighted by atomic mass is 35.5. The number of benzene rings is 1. The Bertz CT molecular complexity index is 486. The maximum absolute atomic E-state index is 10.3. The van der Waals surface area contributed by atoms with Crippen molar-refractivity contribution in [2.24, 2.45) is 11.7 Å². The molecule has 0 fully saturated rings. The summed E-state index contributed by atoms with van der Waals surface area (Å²) in [5.74, 6) is 0.746. The molecule has 3 N–H and O–H groups in total. The molecule has 1 aromatic carbocycles. The molecular formula is C17H26ClNO. The number of halogens is 1. The van der Waals surface area contributed by atoms with E-state index in [1.807, 2.05) is 6.92 Å². The SMILES string of the molecule is CCCCC(Cl)CC1Cc2c(C)cc(C)c(O)c2C1N. The van der Waals surface area contributed by atoms with E-state index in [0.717, 1.165) is 30.4 Å². The van der Waals surface area contributed by atoms with E-state index in [9.17, 15) is 5.11 Å². The molecule has 0 bridgehead atoms. The van der Waals surface area contributed by atoms with Crippen LogP contribution in [0.1, 0.15) is 60.9 Å². The molecule has 112 valence electrons. The van der Waals surface area contributed by atoms with Gasteiger partial charge in [0, 0.05) is 17.0 Å². The van der Waals surface area contributed by atoms with Gasteiger partial charge in [0.05, 0.1) is 0 Å². The lowest BCUT2D eigenvalue weighted by Crippen LogP contribution is -2.20. The predicted molar refractivity (Wildman–Crippen MR) is 85.5 cm³/mol. The lowest BCUT2D eigenvalue weighted by molar-refractivity contribution is 0.402. The summed E-state index contributed by atoms with van der Waals surface area (Å²) < 4.78 is 0. The number of fused-ring (bicyclic) bond motifs is 1. The van der Waals surface area contributed by atoms with E-state index in [1.54, 1.807) is 0 Å². The zero-order valence-electron chi connectivity index (χ0n) is 12.7. The molecule has 0 heterocycles. The fourth-order valence-electron chi connectivity index (χ4n) is 3.40. The Balaban J connectivity index is 2.15. The van der Waals surface area contributed by atoms with Gasteiger partial charge in [-0.25, -0.2) is 0 Å². The molecule has 2 nitrogen and oxygen atoms in total. The van der Waals surface area contributed by atoms with Gasteiger partial charge in [0.2, 0.25) is 0 Å². The van der Waals surface area contributed by atoms with Gasteiger partial charge in [-0.1, -0.05) is 25.8 Å². The lowest BCUT2D eigenvalue weighted by atomic mass is 9.94. The van der Waals surface area contributed by atoms with E-state index in [0.29, 0.717) is 11.7 Å². The molecule has 0 aliphatic heterocycles. The summed E-state index contributed by atoms with van der Waals surface area (Å²) >= 11 is 6.44. The third kappa shape index (κ3) is 2.96. The lowest BCUT2D eigenvalue weighted by Gasteiger charge is -2.19. The van der Waals surface area contributed by atoms with Crippen molar-refractivity contribution in [1.29, 1.82) is 0 Å². The quantitative estimate of drug-likeness (QED) is 0.792. The Labute approximate surface area is 127 Å². The van der Waals surface area contributed by atoms with Gasteiger partial charge < -0.3 is 10.8 Å². The van der Waals surface area contributed by atoms with Crippen LogP contribution in [0.4, 0.5) is 0 Å². The molecule has 1 aliphatic carbocycles. The first kappa shape index (κ1) is 15.7. The van der Waals surface area contributed by atoms with Crippen molar-refractivity contribution in [2.45, 2.75) is 64.3 Å². The minimum absolute atomic E-state index is 0.0773. The van der Waals surface area contributed by atoms with Crippen LogP contribution in [0, 0.1) is 19.8 Å². The van der Waals surface area contributed by atoms with E-state index in [4.69, 9.17) is 17.3 Å². The summed E-state index contributed by atoms with van der Waals surface area (Å²) in [5, 5.41) is 10.5. The van der Waals surface area contributed by atoms with Gasteiger partial charge >= 0.3 is 0 Å². The van der Waals surface area contributed by atoms with Crippen molar-refractivity contribution >= 4 is 11.6 Å². The molecule has 0 radical (unpaired) electrons. The van der Waals surface area contributed by atoms with Crippen LogP contribution in [0.3, 0.4) is 0 Å². The molecule has 0 aromatic heterocycles. The zero-order valence-corrected chi connectivity index (χ0v) is 13.5. The predicted octanol–water partition coefficient (Wildman–Crippen LogP) is 4.37. The highest BCUT2D eigenvalue weighted by molar-refractivity contribution is 6.20. The van der Waals surface area contributed by atoms with Crippen LogP contribution in [0.2, 0.25) is 0 Å². The van der Waals surface area contributed by atoms with Crippen LogP contribution in [0.25, 0.3) is 0 Å². The average molecular weight is 296 g/mol. The number of unbranched alkanes of at least 4 members (excludes halogenated alkanes) is 1. The smallest absolute Gasteiger partial charge is 0.123 e. The van der Waals surface area contributed by atoms with E-state index in [-0.39, 0.29) is 11.4 Å². The summed E-state index contributed by atoms with van der Waals surface area (Å²) in [6, 6.07) is 1.98. The van der Waals surface area contributed by atoms with Crippen molar-refractivity contribution in [3.05, 3.63) is 28.3 Å². The van der Waals surface area contributed by atoms with Crippen molar-refractivity contribution in [3.8, 4) is 5.75 Å². The highest BCUT2D eigenvalue weighted by Crippen LogP contribution is 2.45. The summed E-state index contributed by atoms with van der Waals surface area (Å²) in [6.07, 6.45) is 5.30. The van der Waals surface area contributed by atoms with Crippen molar-refractivity contribution in [3.63, 3.8) is 0 Å². The van der Waals surface area contributed by atoms with Gasteiger partial charge in [-0.05, 0) is 55.7 Å². The van der Waals surface area contributed by atoms with Crippen molar-refractivity contribution < 1.29 is 5.11 Å². The van der Waals surface area contributed by atoms with Gasteiger partial charge in [0.15, 0.2) is 0 Å². The number of hydrogen-bond acceptors (Lipinski definition) is 2. The van der Waals surface area contributed by atoms with Gasteiger partial charge in [0.25, 0.3) is 0 Å². The highest BCUT2D eigenvalue weighted by Gasteiger charge is 2.34. The molecule has 0 saturated carbocycles. The van der Waals surface area contributed by atoms with Gasteiger partial charge in [-0.3, -0.25) is 0 Å². The Morgan fingerprint density at radius 3 is 2.75 bits per heavy atom. The first-order chi connectivity index (χ1) is 9.45. The molecule has 1 aliphatic rings. The van der Waals surface area contributed by atoms with Crippen molar-refractivity contribution in [2.75, 3.05) is 0 Å². The third-order valence-electron chi connectivity index (χ3n) is 4.60. The molecular weight excluding hydrogens is 270 g/mol. The van der Waals surface area contributed by atoms with Crippen LogP contribution in [-0.2, 0) is 6.42 Å². The Kier molecular flexibility index (Phi) is 4.98. The third-order valence-corrected chi connectivity index (χ3v) is 5.00. The summed E-state index contributed by atoms with van der Waals surface area (Å²) in [7, 11) is 0. The fourth-order valence-corrected chi connectivity index (χ4v) is 3.79. The largest absolute Gasteiger partial charge is 0.507 e. The summed E-state index contributed by atoms with van der Waals surface area (Å²) in [5.41, 5.74) is 10.8. The molecule has 3 heteroatoms. The summed E-state index contributed by atoms with van der Waals surface area (Å²) in [6.45, 7) is 6.23. The average Bonchev–Trinajstić information content (AvgIpc) is 2.72. The normalized spacial score (nSPS) is 22.9. The fraction of sp³-hybridized carbons (Fsp3) is 0.647. The molecule has 1 aromatic rings. The van der Waals surface area contributed by atoms with Crippen LogP contribution in [-0.4, -0.2) is 10.5 Å². The van der Waals surface area contributed by atoms with Crippen LogP contribution in [0.5, 0.6) is 5.75 Å². The number of aryl methyl sites for hydroxylation is 2. The van der Waals surface area contributed by atoms with E-state index < -0.39 is 0 Å². The number of hydrogen-bond donors (Lipinski definition) is 2. The number of phenolic OH excluding ortho intramolecular Hbond substituents is 1. The van der Waals surface area contributed by atoms with Gasteiger partial charge in [0.1, 0.15) is 5.75 Å². The topological polar surface area (TPSA) is 46.2 Å². The first-order valence-electron chi connectivity index (χ1n) is 7.67. The Morgan fingerprint density at radius 2 is 2.10 bits per heavy atom. The van der Waals surface area contributed by atoms with Gasteiger partial charge in [-0.15, -0.1) is 11.6 Å². The molecule has 0 saturated heterocycles. The zero-order chi connectivity index (χ0) is 14.9. The number of nitrogens with two attached hydrogens (primary N) is 1. The number of phenols is 1. The second kappa shape index (κ2) is 6.36. The number of aromatic hydroxyl groups is 1. The van der Waals surface area contributed by atoms with Gasteiger partial charge in [-0.2, -0.15) is 0 Å². The Hall–Kier alpha value is -0.730. The second-order valence-electron chi connectivity index (χ2n) is 6.22. The number of rotatable bonds is 5. The van der Waals surface area contributed by atoms with Crippen LogP contribution >= 0.6 is 11.6 Å². The van der Waals surface area contributed by atoms with Crippen molar-refractivity contribution in [1.82, 2.24) is 0 Å². The number of alkyl halides is 1. The van der Waals surface area contributed by atoms with E-state index >= 15 is 0 Å². The Morgan fingerprint density at radius 1 is 1.40 bits per heavy atom. The van der Waals surface area contributed by atoms with Crippen LogP contribution < -0.4 is 5.73 Å². The van der Waals surface area contributed by atoms with Crippen LogP contribution in [0.15, 0.2) is 6.07 Å². The molecule has 0 spiro atoms. The maximum Gasteiger partial charge on any atom is 0.123 e. The second-order valence-corrected chi connectivity index (χ2v) is 6.83. The minimum atomic E-state index is -0.0773. The monoisotopic (exact) mass is 295 g/mol. The minimum Gasteiger partial charge on any atom is -0.507 e. The first-order valence-corrected chi connectivity index (χ1v) is 8.10.